The summed E-state index contributed by atoms with van der Waals surface area (Å²) in [4.78, 5) is 10.5. The number of ether oxygens (including phenoxy) is 1. The largest absolute Gasteiger partial charge is 0.487 e. The van der Waals surface area contributed by atoms with Gasteiger partial charge in [0.2, 0.25) is 0 Å². The van der Waals surface area contributed by atoms with Gasteiger partial charge in [-0.1, -0.05) is 13.0 Å². The molecule has 0 saturated heterocycles. The van der Waals surface area contributed by atoms with E-state index >= 15 is 0 Å². The van der Waals surface area contributed by atoms with Crippen LogP contribution in [-0.4, -0.2) is 30.1 Å². The Kier molecular flexibility index (Phi) is 7.28. The van der Waals surface area contributed by atoms with Gasteiger partial charge in [0, 0.05) is 12.6 Å². The molecule has 5 nitrogen and oxygen atoms in total. The molecule has 0 aromatic heterocycles. The van der Waals surface area contributed by atoms with Crippen molar-refractivity contribution in [3.05, 3.63) is 33.9 Å². The molecule has 19 heavy (non-hydrogen) atoms. The molecule has 0 atom stereocenters. The predicted octanol–water partition coefficient (Wildman–Crippen LogP) is 2.84. The van der Waals surface area contributed by atoms with E-state index in [9.17, 15) is 10.1 Å². The van der Waals surface area contributed by atoms with Crippen LogP contribution in [0.1, 0.15) is 18.9 Å². The molecule has 1 aromatic rings. The summed E-state index contributed by atoms with van der Waals surface area (Å²) in [5.74, 6) is 1.35. The van der Waals surface area contributed by atoms with Crippen molar-refractivity contribution in [2.24, 2.45) is 0 Å². The summed E-state index contributed by atoms with van der Waals surface area (Å²) in [5, 5.41) is 14.1. The number of hydrogen-bond donors (Lipinski definition) is 1. The zero-order valence-corrected chi connectivity index (χ0v) is 12.2. The SMILES string of the molecule is CCNCc1ccc([N+](=O)[O-])c(OCCCSC)c1. The van der Waals surface area contributed by atoms with Gasteiger partial charge >= 0.3 is 5.69 Å². The second kappa shape index (κ2) is 8.77. The summed E-state index contributed by atoms with van der Waals surface area (Å²) < 4.78 is 5.54. The number of hydrogen-bond acceptors (Lipinski definition) is 5. The number of nitrogens with one attached hydrogen (secondary N) is 1. The third-order valence-corrected chi connectivity index (χ3v) is 3.25. The Balaban J connectivity index is 2.74. The Morgan fingerprint density at radius 3 is 2.89 bits per heavy atom. The fourth-order valence-electron chi connectivity index (χ4n) is 1.59. The first kappa shape index (κ1) is 15.8. The third-order valence-electron chi connectivity index (χ3n) is 2.55. The quantitative estimate of drug-likeness (QED) is 0.429. The first-order valence-electron chi connectivity index (χ1n) is 6.28. The fraction of sp³-hybridized carbons (Fsp3) is 0.538. The molecular weight excluding hydrogens is 264 g/mol. The van der Waals surface area contributed by atoms with Crippen LogP contribution in [0.25, 0.3) is 0 Å². The van der Waals surface area contributed by atoms with E-state index in [4.69, 9.17) is 4.74 Å². The van der Waals surface area contributed by atoms with Gasteiger partial charge in [0.05, 0.1) is 11.5 Å². The van der Waals surface area contributed by atoms with Crippen LogP contribution in [0.2, 0.25) is 0 Å². The average molecular weight is 284 g/mol. The smallest absolute Gasteiger partial charge is 0.310 e. The Morgan fingerprint density at radius 1 is 1.47 bits per heavy atom. The number of nitro benzene ring substituents is 1. The Hall–Kier alpha value is -1.27. The second-order valence-corrected chi connectivity index (χ2v) is 5.02. The van der Waals surface area contributed by atoms with E-state index in [1.54, 1.807) is 23.9 Å². The highest BCUT2D eigenvalue weighted by Gasteiger charge is 2.15. The third kappa shape index (κ3) is 5.48. The summed E-state index contributed by atoms with van der Waals surface area (Å²) in [6, 6.07) is 5.02. The molecule has 0 amide bonds. The highest BCUT2D eigenvalue weighted by atomic mass is 32.2. The van der Waals surface area contributed by atoms with Gasteiger partial charge in [0.1, 0.15) is 0 Å². The summed E-state index contributed by atoms with van der Waals surface area (Å²) in [6.45, 7) is 4.08. The number of nitro groups is 1. The maximum atomic E-state index is 10.9. The molecule has 0 heterocycles. The molecule has 0 fully saturated rings. The number of rotatable bonds is 9. The molecule has 0 aliphatic carbocycles. The molecule has 0 radical (unpaired) electrons. The first-order valence-corrected chi connectivity index (χ1v) is 7.68. The van der Waals surface area contributed by atoms with E-state index in [0.717, 1.165) is 24.3 Å². The van der Waals surface area contributed by atoms with Gasteiger partial charge in [-0.15, -0.1) is 0 Å². The summed E-state index contributed by atoms with van der Waals surface area (Å²) >= 11 is 1.74. The standard InChI is InChI=1S/C13H20N2O3S/c1-3-14-10-11-5-6-12(15(16)17)13(9-11)18-7-4-8-19-2/h5-6,9,14H,3-4,7-8,10H2,1-2H3. The number of benzene rings is 1. The van der Waals surface area contributed by atoms with Gasteiger partial charge in [0.25, 0.3) is 0 Å². The van der Waals surface area contributed by atoms with Gasteiger partial charge in [0.15, 0.2) is 5.75 Å². The summed E-state index contributed by atoms with van der Waals surface area (Å²) in [7, 11) is 0. The second-order valence-electron chi connectivity index (χ2n) is 4.03. The number of thioether (sulfide) groups is 1. The van der Waals surface area contributed by atoms with Crippen LogP contribution in [0.4, 0.5) is 5.69 Å². The maximum absolute atomic E-state index is 10.9. The molecule has 1 N–H and O–H groups in total. The topological polar surface area (TPSA) is 64.4 Å². The van der Waals surface area contributed by atoms with Crippen molar-refractivity contribution in [1.29, 1.82) is 0 Å². The zero-order chi connectivity index (χ0) is 14.1. The van der Waals surface area contributed by atoms with Crippen molar-refractivity contribution in [2.45, 2.75) is 19.9 Å². The van der Waals surface area contributed by atoms with Gasteiger partial charge in [-0.2, -0.15) is 11.8 Å². The van der Waals surface area contributed by atoms with E-state index in [1.807, 2.05) is 13.2 Å². The van der Waals surface area contributed by atoms with Crippen molar-refractivity contribution in [3.63, 3.8) is 0 Å². The maximum Gasteiger partial charge on any atom is 0.310 e. The van der Waals surface area contributed by atoms with Crippen LogP contribution in [0.3, 0.4) is 0 Å². The van der Waals surface area contributed by atoms with Gasteiger partial charge in [-0.3, -0.25) is 10.1 Å². The number of nitrogens with zero attached hydrogens (tertiary/aromatic N) is 1. The summed E-state index contributed by atoms with van der Waals surface area (Å²) in [5.41, 5.74) is 1.02. The van der Waals surface area contributed by atoms with Crippen molar-refractivity contribution in [2.75, 3.05) is 25.2 Å². The molecule has 0 spiro atoms. The van der Waals surface area contributed by atoms with Crippen molar-refractivity contribution >= 4 is 17.4 Å². The van der Waals surface area contributed by atoms with E-state index < -0.39 is 4.92 Å². The van der Waals surface area contributed by atoms with Crippen LogP contribution >= 0.6 is 11.8 Å². The van der Waals surface area contributed by atoms with Crippen LogP contribution in [0.5, 0.6) is 5.75 Å². The lowest BCUT2D eigenvalue weighted by molar-refractivity contribution is -0.385. The lowest BCUT2D eigenvalue weighted by Gasteiger charge is -2.09. The fourth-order valence-corrected chi connectivity index (χ4v) is 2.00. The lowest BCUT2D eigenvalue weighted by atomic mass is 10.2. The molecule has 0 unspecified atom stereocenters. The molecule has 0 bridgehead atoms. The van der Waals surface area contributed by atoms with E-state index in [1.165, 1.54) is 6.07 Å². The van der Waals surface area contributed by atoms with E-state index in [-0.39, 0.29) is 5.69 Å². The lowest BCUT2D eigenvalue weighted by Crippen LogP contribution is -2.12. The van der Waals surface area contributed by atoms with Crippen molar-refractivity contribution < 1.29 is 9.66 Å². The molecule has 1 aromatic carbocycles. The van der Waals surface area contributed by atoms with E-state index in [2.05, 4.69) is 5.32 Å². The van der Waals surface area contributed by atoms with E-state index in [0.29, 0.717) is 18.9 Å². The van der Waals surface area contributed by atoms with Crippen LogP contribution in [0, 0.1) is 10.1 Å². The Bertz CT molecular complexity index is 413. The normalized spacial score (nSPS) is 10.4. The molecule has 0 aliphatic heterocycles. The van der Waals surface area contributed by atoms with Crippen LogP contribution in [0.15, 0.2) is 18.2 Å². The van der Waals surface area contributed by atoms with Gasteiger partial charge < -0.3 is 10.1 Å². The van der Waals surface area contributed by atoms with Gasteiger partial charge in [-0.25, -0.2) is 0 Å². The van der Waals surface area contributed by atoms with Crippen molar-refractivity contribution in [3.8, 4) is 5.75 Å². The minimum absolute atomic E-state index is 0.0319. The highest BCUT2D eigenvalue weighted by Crippen LogP contribution is 2.28. The van der Waals surface area contributed by atoms with Crippen LogP contribution in [-0.2, 0) is 6.54 Å². The molecule has 6 heteroatoms. The highest BCUT2D eigenvalue weighted by molar-refractivity contribution is 7.98. The predicted molar refractivity (Wildman–Crippen MR) is 79.0 cm³/mol. The minimum Gasteiger partial charge on any atom is -0.487 e. The monoisotopic (exact) mass is 284 g/mol. The van der Waals surface area contributed by atoms with Crippen LogP contribution < -0.4 is 10.1 Å². The van der Waals surface area contributed by atoms with Gasteiger partial charge in [-0.05, 0) is 36.6 Å². The molecule has 0 aliphatic rings. The first-order chi connectivity index (χ1) is 9.19. The molecule has 106 valence electrons. The summed E-state index contributed by atoms with van der Waals surface area (Å²) in [6.07, 6.45) is 2.91. The Morgan fingerprint density at radius 2 is 2.26 bits per heavy atom. The van der Waals surface area contributed by atoms with Crippen molar-refractivity contribution in [1.82, 2.24) is 5.32 Å². The zero-order valence-electron chi connectivity index (χ0n) is 11.3. The molecule has 0 saturated carbocycles. The average Bonchev–Trinajstić information content (AvgIpc) is 2.41. The molecular formula is C13H20N2O3S. The minimum atomic E-state index is -0.402. The Labute approximate surface area is 117 Å². The molecule has 1 rings (SSSR count).